The van der Waals surface area contributed by atoms with Crippen molar-refractivity contribution >= 4 is 0 Å². The normalized spacial score (nSPS) is 32.7. The zero-order valence-corrected chi connectivity index (χ0v) is 43.9. The molecule has 0 amide bonds. The number of aliphatic hydroxyl groups is 1. The van der Waals surface area contributed by atoms with Crippen molar-refractivity contribution in [3.8, 4) is 0 Å². The highest BCUT2D eigenvalue weighted by Gasteiger charge is 2.58. The molecule has 1 N–H and O–H groups in total. The number of rotatable bonds is 24. The Kier molecular flexibility index (Phi) is 20.2. The van der Waals surface area contributed by atoms with Crippen molar-refractivity contribution in [2.45, 2.75) is 163 Å². The van der Waals surface area contributed by atoms with Crippen LogP contribution in [0.3, 0.4) is 0 Å². The Morgan fingerprint density at radius 2 is 1.01 bits per heavy atom. The van der Waals surface area contributed by atoms with E-state index in [-0.39, 0.29) is 33.0 Å². The van der Waals surface area contributed by atoms with Gasteiger partial charge in [-0.25, -0.2) is 0 Å². The molecule has 5 aliphatic heterocycles. The summed E-state index contributed by atoms with van der Waals surface area (Å²) in [5.41, 5.74) is 14.6. The molecule has 2 unspecified atom stereocenters. The molecule has 5 aromatic carbocycles. The van der Waals surface area contributed by atoms with Crippen LogP contribution < -0.4 is 0 Å². The van der Waals surface area contributed by atoms with Crippen molar-refractivity contribution in [1.82, 2.24) is 0 Å². The van der Waals surface area contributed by atoms with E-state index in [9.17, 15) is 10.6 Å². The second-order valence-electron chi connectivity index (χ2n) is 20.2. The summed E-state index contributed by atoms with van der Waals surface area (Å²) in [6, 6.07) is 47.5. The van der Waals surface area contributed by atoms with Gasteiger partial charge in [0.15, 0.2) is 31.5 Å². The fourth-order valence-electron chi connectivity index (χ4n) is 10.6. The summed E-state index contributed by atoms with van der Waals surface area (Å²) in [6.45, 7) is 6.85. The van der Waals surface area contributed by atoms with E-state index < -0.39 is 105 Å². The molecular weight excluding hydrogens is 999 g/mol. The first-order valence-corrected chi connectivity index (χ1v) is 27.3. The molecule has 5 fully saturated rings. The van der Waals surface area contributed by atoms with Crippen LogP contribution in [0.5, 0.6) is 0 Å². The third kappa shape index (κ3) is 14.1. The minimum Gasteiger partial charge on any atom is -0.387 e. The summed E-state index contributed by atoms with van der Waals surface area (Å²) in [7, 11) is 0. The van der Waals surface area contributed by atoms with Crippen molar-refractivity contribution in [3.63, 3.8) is 0 Å². The maximum Gasteiger partial charge on any atom is 0.187 e. The number of hydrogen-bond acceptors (Lipinski definition) is 15. The predicted octanol–water partition coefficient (Wildman–Crippen LogP) is 10.1. The highest BCUT2D eigenvalue weighted by atomic mass is 16.8. The van der Waals surface area contributed by atoms with E-state index in [1.165, 1.54) is 0 Å². The first kappa shape index (κ1) is 55.9. The zero-order chi connectivity index (χ0) is 53.5. The van der Waals surface area contributed by atoms with Crippen LogP contribution >= 0.6 is 0 Å². The molecule has 17 heteroatoms. The Bertz CT molecular complexity index is 2610. The average Bonchev–Trinajstić information content (AvgIpc) is 3.63. The lowest BCUT2D eigenvalue weighted by molar-refractivity contribution is -0.414. The van der Waals surface area contributed by atoms with Crippen molar-refractivity contribution < 1.29 is 66.7 Å². The monoisotopic (exact) mass is 1070 g/mol. The molecule has 5 aliphatic rings. The smallest absolute Gasteiger partial charge is 0.187 e. The summed E-state index contributed by atoms with van der Waals surface area (Å²) in [5, 5.41) is 17.3. The summed E-state index contributed by atoms with van der Waals surface area (Å²) >= 11 is 0. The molecule has 78 heavy (non-hydrogen) atoms. The standard InChI is InChI=1S/C61H71N3O14/c1-3-4-5-6-7-23-34-66-59-48(63-64-62)53(52-47(73-59)39-71-58(76-52)45-32-21-12-22-33-45)77-60-54(49(65)51-46(74-60)38-70-57(75-51)44-30-19-11-20-31-44)78-61-56(69-37-43-28-17-10-18-29-43)55(68-36-42-26-15-9-16-27-42)50(40(2)72-61)67-35-41-24-13-8-14-25-41/h3,8-22,24-33,40,46-61,65H,1,4-7,23,34-39H2,2H3/t40-,46+,47+,48+,49-,50+,51-,52-,53+,54+,55+,56-,57?,58?,59-,60-,61-/m0/s1. The van der Waals surface area contributed by atoms with E-state index in [1.807, 2.05) is 165 Å². The van der Waals surface area contributed by atoms with E-state index in [4.69, 9.17) is 61.6 Å². The zero-order valence-electron chi connectivity index (χ0n) is 43.9. The van der Waals surface area contributed by atoms with Gasteiger partial charge in [0, 0.05) is 22.6 Å². The fourth-order valence-corrected chi connectivity index (χ4v) is 10.6. The molecule has 0 aromatic heterocycles. The largest absolute Gasteiger partial charge is 0.387 e. The topological polar surface area (TPSA) is 189 Å². The first-order valence-electron chi connectivity index (χ1n) is 27.3. The maximum absolute atomic E-state index is 13.0. The number of unbranched alkanes of at least 4 members (excludes halogenated alkanes) is 4. The van der Waals surface area contributed by atoms with Gasteiger partial charge in [-0.15, -0.1) is 6.58 Å². The van der Waals surface area contributed by atoms with Crippen LogP contribution in [0.15, 0.2) is 169 Å². The van der Waals surface area contributed by atoms with E-state index in [0.717, 1.165) is 59.9 Å². The number of ether oxygens (including phenoxy) is 13. The van der Waals surface area contributed by atoms with Gasteiger partial charge in [0.2, 0.25) is 0 Å². The number of benzene rings is 5. The Morgan fingerprint density at radius 1 is 0.538 bits per heavy atom. The number of allylic oxidation sites excluding steroid dienone is 1. The van der Waals surface area contributed by atoms with Crippen LogP contribution in [0.1, 0.15) is 79.4 Å². The molecule has 0 radical (unpaired) electrons. The van der Waals surface area contributed by atoms with Crippen molar-refractivity contribution in [1.29, 1.82) is 0 Å². The van der Waals surface area contributed by atoms with Crippen LogP contribution in [-0.2, 0) is 81.4 Å². The molecule has 17 atom stereocenters. The van der Waals surface area contributed by atoms with Gasteiger partial charge in [0.25, 0.3) is 0 Å². The lowest BCUT2D eigenvalue weighted by atomic mass is 9.94. The van der Waals surface area contributed by atoms with Crippen LogP contribution in [0.25, 0.3) is 10.4 Å². The Balaban J connectivity index is 0.996. The summed E-state index contributed by atoms with van der Waals surface area (Å²) in [6.07, 6.45) is -9.19. The molecule has 10 rings (SSSR count). The lowest BCUT2D eigenvalue weighted by Crippen LogP contribution is -2.68. The second-order valence-corrected chi connectivity index (χ2v) is 20.2. The van der Waals surface area contributed by atoms with Crippen LogP contribution in [-0.4, -0.2) is 117 Å². The molecule has 5 saturated heterocycles. The minimum absolute atomic E-state index is 0.0298. The highest BCUT2D eigenvalue weighted by molar-refractivity contribution is 5.19. The van der Waals surface area contributed by atoms with Gasteiger partial charge < -0.3 is 66.7 Å². The van der Waals surface area contributed by atoms with E-state index in [1.54, 1.807) is 0 Å². The average molecular weight is 1070 g/mol. The molecule has 0 saturated carbocycles. The van der Waals surface area contributed by atoms with Gasteiger partial charge in [-0.3, -0.25) is 0 Å². The summed E-state index contributed by atoms with van der Waals surface area (Å²) < 4.78 is 87.7. The van der Waals surface area contributed by atoms with Gasteiger partial charge in [-0.2, -0.15) is 0 Å². The third-order valence-electron chi connectivity index (χ3n) is 14.7. The fraction of sp³-hybridized carbons (Fsp3) is 0.475. The number of fused-ring (bicyclic) bond motifs is 2. The molecule has 0 aliphatic carbocycles. The SMILES string of the molecule is C=CCCCCCCO[C@H]1O[C@@H]2COC(c3ccccc3)O[C@@H]2[C@H](O[C@@H]2O[C@@H]3COC(c4ccccc4)O[C@@H]3[C@H](O)[C@H]2O[C@@H]2O[C@@H](C)[C@@H](OCc3ccccc3)[C@@H](OCc3ccccc3)[C@@H]2OCc2ccccc2)[C@H]1N=[N+]=[N-]. The van der Waals surface area contributed by atoms with Crippen molar-refractivity contribution in [2.24, 2.45) is 5.11 Å². The van der Waals surface area contributed by atoms with Gasteiger partial charge in [-0.05, 0) is 48.4 Å². The van der Waals surface area contributed by atoms with E-state index in [2.05, 4.69) is 16.6 Å². The van der Waals surface area contributed by atoms with Gasteiger partial charge in [0.1, 0.15) is 67.1 Å². The number of nitrogens with zero attached hydrogens (tertiary/aromatic N) is 3. The van der Waals surface area contributed by atoms with Crippen molar-refractivity contribution in [2.75, 3.05) is 19.8 Å². The summed E-state index contributed by atoms with van der Waals surface area (Å²) in [5.74, 6) is 0. The van der Waals surface area contributed by atoms with Crippen LogP contribution in [0.4, 0.5) is 0 Å². The van der Waals surface area contributed by atoms with Crippen LogP contribution in [0, 0.1) is 0 Å². The van der Waals surface area contributed by atoms with Gasteiger partial charge in [-0.1, -0.05) is 176 Å². The van der Waals surface area contributed by atoms with Gasteiger partial charge in [0.05, 0.1) is 39.1 Å². The molecular formula is C61H71N3O14. The third-order valence-corrected chi connectivity index (χ3v) is 14.7. The lowest BCUT2D eigenvalue weighted by Gasteiger charge is -2.53. The van der Waals surface area contributed by atoms with E-state index >= 15 is 0 Å². The Morgan fingerprint density at radius 3 is 1.58 bits per heavy atom. The second kappa shape index (κ2) is 28.1. The Labute approximate surface area is 456 Å². The molecule has 0 bridgehead atoms. The van der Waals surface area contributed by atoms with Crippen LogP contribution in [0.2, 0.25) is 0 Å². The van der Waals surface area contributed by atoms with E-state index in [0.29, 0.717) is 6.61 Å². The molecule has 0 spiro atoms. The maximum atomic E-state index is 13.0. The number of hydrogen-bond donors (Lipinski definition) is 1. The number of azide groups is 1. The summed E-state index contributed by atoms with van der Waals surface area (Å²) in [4.78, 5) is 3.29. The highest BCUT2D eigenvalue weighted by Crippen LogP contribution is 2.42. The predicted molar refractivity (Wildman–Crippen MR) is 285 cm³/mol. The quantitative estimate of drug-likeness (QED) is 0.0202. The number of aliphatic hydroxyl groups excluding tert-OH is 1. The Hall–Kier alpha value is -5.41. The van der Waals surface area contributed by atoms with Gasteiger partial charge >= 0.3 is 0 Å². The molecule has 5 aromatic rings. The minimum atomic E-state index is -1.43. The first-order chi connectivity index (χ1) is 38.4. The van der Waals surface area contributed by atoms with Crippen molar-refractivity contribution in [3.05, 3.63) is 203 Å². The molecule has 414 valence electrons. The molecule has 5 heterocycles. The molecule has 17 nitrogen and oxygen atoms in total.